The predicted molar refractivity (Wildman–Crippen MR) is 131 cm³/mol. The summed E-state index contributed by atoms with van der Waals surface area (Å²) in [5.74, 6) is -0.663. The fourth-order valence-corrected chi connectivity index (χ4v) is 5.12. The smallest absolute Gasteiger partial charge is 0.336 e. The monoisotopic (exact) mass is 513 g/mol. The third-order valence-corrected chi connectivity index (χ3v) is 6.75. The number of nitrogens with zero attached hydrogens (tertiary/aromatic N) is 5. The summed E-state index contributed by atoms with van der Waals surface area (Å²) in [5.41, 5.74) is 7.31. The normalized spacial score (nSPS) is 10.8. The molecule has 4 aromatic rings. The lowest BCUT2D eigenvalue weighted by Gasteiger charge is -2.14. The number of hydrogen-bond donors (Lipinski definition) is 2. The van der Waals surface area contributed by atoms with Gasteiger partial charge >= 0.3 is 5.69 Å². The molecule has 13 heteroatoms. The van der Waals surface area contributed by atoms with Gasteiger partial charge in [0.25, 0.3) is 5.56 Å². The van der Waals surface area contributed by atoms with Crippen molar-refractivity contribution in [1.82, 2.24) is 14.1 Å². The van der Waals surface area contributed by atoms with Crippen LogP contribution in [0, 0.1) is 22.7 Å². The van der Waals surface area contributed by atoms with E-state index >= 15 is 0 Å². The van der Waals surface area contributed by atoms with Crippen LogP contribution in [0.4, 0.5) is 15.8 Å². The molecule has 0 unspecified atom stereocenters. The van der Waals surface area contributed by atoms with Gasteiger partial charge in [-0.05, 0) is 18.2 Å². The molecule has 4 rings (SSSR count). The summed E-state index contributed by atoms with van der Waals surface area (Å²) in [5, 5.41) is 15.5. The highest BCUT2D eigenvalue weighted by atomic mass is 35.5. The van der Waals surface area contributed by atoms with Crippen LogP contribution < -0.4 is 21.3 Å². The maximum Gasteiger partial charge on any atom is 0.336 e. The molecule has 0 aliphatic carbocycles. The number of fused-ring (bicyclic) bond motifs is 1. The Morgan fingerprint density at radius 3 is 2.77 bits per heavy atom. The number of nitrogens with one attached hydrogen (secondary N) is 2. The van der Waals surface area contributed by atoms with Gasteiger partial charge in [-0.2, -0.15) is 10.4 Å². The molecule has 0 aliphatic heterocycles. The largest absolute Gasteiger partial charge is 0.494 e. The minimum Gasteiger partial charge on any atom is -0.494 e. The molecule has 3 aromatic heterocycles. The van der Waals surface area contributed by atoms with Crippen LogP contribution in [0.2, 0.25) is 5.02 Å². The SMILES string of the molecule is CNc1c(N=N)cncc1-n1c(=O)c2sc(-c3cc(OC)c(F)cc3Cl)cc2n(CCC#N)c1=O. The van der Waals surface area contributed by atoms with Crippen molar-refractivity contribution < 1.29 is 9.13 Å². The zero-order chi connectivity index (χ0) is 25.3. The molecule has 0 saturated heterocycles. The summed E-state index contributed by atoms with van der Waals surface area (Å²) >= 11 is 7.35. The van der Waals surface area contributed by atoms with E-state index in [2.05, 4.69) is 15.4 Å². The first kappa shape index (κ1) is 24.1. The molecule has 0 radical (unpaired) electrons. The number of aryl methyl sites for hydroxylation is 1. The van der Waals surface area contributed by atoms with Crippen LogP contribution in [-0.4, -0.2) is 28.3 Å². The Morgan fingerprint density at radius 1 is 1.34 bits per heavy atom. The molecule has 0 spiro atoms. The average molecular weight is 514 g/mol. The van der Waals surface area contributed by atoms with Crippen molar-refractivity contribution in [1.29, 1.82) is 10.8 Å². The van der Waals surface area contributed by atoms with Crippen LogP contribution in [0.3, 0.4) is 0 Å². The quantitative estimate of drug-likeness (QED) is 0.344. The lowest BCUT2D eigenvalue weighted by atomic mass is 10.1. The Bertz CT molecular complexity index is 1640. The molecule has 0 fully saturated rings. The lowest BCUT2D eigenvalue weighted by molar-refractivity contribution is 0.387. The minimum atomic E-state index is -0.690. The van der Waals surface area contributed by atoms with Gasteiger partial charge in [-0.25, -0.2) is 19.3 Å². The van der Waals surface area contributed by atoms with Crippen LogP contribution in [-0.2, 0) is 6.54 Å². The number of halogens is 2. The van der Waals surface area contributed by atoms with E-state index in [1.54, 1.807) is 13.1 Å². The van der Waals surface area contributed by atoms with Crippen LogP contribution in [0.25, 0.3) is 26.3 Å². The van der Waals surface area contributed by atoms with Crippen LogP contribution >= 0.6 is 22.9 Å². The van der Waals surface area contributed by atoms with E-state index < -0.39 is 17.1 Å². The van der Waals surface area contributed by atoms with E-state index in [4.69, 9.17) is 27.1 Å². The minimum absolute atomic E-state index is 0.0166. The number of rotatable bonds is 7. The number of benzene rings is 1. The summed E-state index contributed by atoms with van der Waals surface area (Å²) in [4.78, 5) is 31.6. The second-order valence-corrected chi connectivity index (χ2v) is 8.65. The molecule has 10 nitrogen and oxygen atoms in total. The Labute approximate surface area is 206 Å². The lowest BCUT2D eigenvalue weighted by Crippen LogP contribution is -2.38. The first-order valence-corrected chi connectivity index (χ1v) is 11.3. The molecule has 3 heterocycles. The molecular weight excluding hydrogens is 497 g/mol. The number of aromatic nitrogens is 3. The molecule has 0 saturated carbocycles. The summed E-state index contributed by atoms with van der Waals surface area (Å²) in [6.07, 6.45) is 2.66. The van der Waals surface area contributed by atoms with E-state index in [9.17, 15) is 14.0 Å². The molecule has 1 aromatic carbocycles. The zero-order valence-corrected chi connectivity index (χ0v) is 20.0. The molecular formula is C22H17ClFN7O3S. The van der Waals surface area contributed by atoms with Gasteiger partial charge in [-0.3, -0.25) is 14.3 Å². The number of methoxy groups -OCH3 is 1. The molecule has 2 N–H and O–H groups in total. The molecule has 35 heavy (non-hydrogen) atoms. The standard InChI is InChI=1S/C22H17ClFN7O3S/c1-27-19-14(29-26)9-28-10-16(19)31-21(32)20-15(30(22(31)33)5-3-4-25)8-18(35-20)11-6-17(34-2)13(24)7-12(11)23/h6-10,26H,3,5H2,1-2H3,(H,27,28). The van der Waals surface area contributed by atoms with Crippen molar-refractivity contribution in [2.24, 2.45) is 5.11 Å². The van der Waals surface area contributed by atoms with Crippen molar-refractivity contribution in [3.63, 3.8) is 0 Å². The van der Waals surface area contributed by atoms with E-state index in [-0.39, 0.29) is 45.5 Å². The summed E-state index contributed by atoms with van der Waals surface area (Å²) in [6.45, 7) is 0.0214. The van der Waals surface area contributed by atoms with Gasteiger partial charge in [-0.15, -0.1) is 11.3 Å². The summed E-state index contributed by atoms with van der Waals surface area (Å²) in [6, 6.07) is 6.14. The highest BCUT2D eigenvalue weighted by Gasteiger charge is 2.22. The number of ether oxygens (including phenoxy) is 1. The number of thiophene rings is 1. The third-order valence-electron chi connectivity index (χ3n) is 5.29. The third kappa shape index (κ3) is 4.05. The first-order valence-electron chi connectivity index (χ1n) is 10.1. The van der Waals surface area contributed by atoms with Crippen LogP contribution in [0.15, 0.2) is 45.3 Å². The first-order chi connectivity index (χ1) is 16.9. The maximum atomic E-state index is 14.1. The topological polar surface area (TPSA) is 138 Å². The Hall–Kier alpha value is -4.08. The Kier molecular flexibility index (Phi) is 6.63. The fraction of sp³-hybridized carbons (Fsp3) is 0.182. The Balaban J connectivity index is 2.08. The molecule has 178 valence electrons. The van der Waals surface area contributed by atoms with Gasteiger partial charge in [0.2, 0.25) is 0 Å². The summed E-state index contributed by atoms with van der Waals surface area (Å²) in [7, 11) is 2.89. The predicted octanol–water partition coefficient (Wildman–Crippen LogP) is 4.69. The van der Waals surface area contributed by atoms with E-state index in [0.717, 1.165) is 22.0 Å². The van der Waals surface area contributed by atoms with E-state index in [1.807, 2.05) is 6.07 Å². The second-order valence-electron chi connectivity index (χ2n) is 7.19. The summed E-state index contributed by atoms with van der Waals surface area (Å²) < 4.78 is 21.6. The highest BCUT2D eigenvalue weighted by molar-refractivity contribution is 7.22. The van der Waals surface area contributed by atoms with E-state index in [1.165, 1.54) is 30.1 Å². The van der Waals surface area contributed by atoms with Crippen LogP contribution in [0.1, 0.15) is 6.42 Å². The average Bonchev–Trinajstić information content (AvgIpc) is 3.29. The number of nitriles is 1. The van der Waals surface area contributed by atoms with Gasteiger partial charge in [0.05, 0.1) is 53.9 Å². The van der Waals surface area contributed by atoms with Gasteiger partial charge < -0.3 is 10.1 Å². The fourth-order valence-electron chi connectivity index (χ4n) is 3.69. The second kappa shape index (κ2) is 9.65. The van der Waals surface area contributed by atoms with Crippen molar-refractivity contribution in [3.05, 3.63) is 62.3 Å². The van der Waals surface area contributed by atoms with Crippen molar-refractivity contribution in [3.8, 4) is 27.9 Å². The molecule has 0 bridgehead atoms. The van der Waals surface area contributed by atoms with E-state index in [0.29, 0.717) is 16.0 Å². The maximum absolute atomic E-state index is 14.1. The highest BCUT2D eigenvalue weighted by Crippen LogP contribution is 2.39. The molecule has 0 aliphatic rings. The van der Waals surface area contributed by atoms with Gasteiger partial charge in [-0.1, -0.05) is 11.6 Å². The van der Waals surface area contributed by atoms with Crippen molar-refractivity contribution in [2.75, 3.05) is 19.5 Å². The molecule has 0 amide bonds. The number of pyridine rings is 1. The van der Waals surface area contributed by atoms with Crippen LogP contribution in [0.5, 0.6) is 5.75 Å². The zero-order valence-electron chi connectivity index (χ0n) is 18.4. The molecule has 0 atom stereocenters. The Morgan fingerprint density at radius 2 is 2.11 bits per heavy atom. The van der Waals surface area contributed by atoms with Gasteiger partial charge in [0.15, 0.2) is 11.6 Å². The number of hydrogen-bond acceptors (Lipinski definition) is 9. The van der Waals surface area contributed by atoms with Crippen molar-refractivity contribution >= 4 is 44.5 Å². The van der Waals surface area contributed by atoms with Gasteiger partial charge in [0, 0.05) is 24.0 Å². The van der Waals surface area contributed by atoms with Crippen molar-refractivity contribution in [2.45, 2.75) is 13.0 Å². The van der Waals surface area contributed by atoms with Gasteiger partial charge in [0.1, 0.15) is 10.4 Å². The number of anilines is 1.